The molecule has 7 heteroatoms. The highest BCUT2D eigenvalue weighted by atomic mass is 79.9. The average Bonchev–Trinajstić information content (AvgIpc) is 2.66. The highest BCUT2D eigenvalue weighted by molar-refractivity contribution is 9.10. The molecule has 0 unspecified atom stereocenters. The van der Waals surface area contributed by atoms with Gasteiger partial charge in [-0.2, -0.15) is 0 Å². The van der Waals surface area contributed by atoms with Crippen LogP contribution in [0.5, 0.6) is 5.75 Å². The fraction of sp³-hybridized carbons (Fsp3) is 0.250. The number of benzene rings is 2. The predicted molar refractivity (Wildman–Crippen MR) is 115 cm³/mol. The second-order valence-electron chi connectivity index (χ2n) is 6.01. The van der Waals surface area contributed by atoms with Gasteiger partial charge in [0.15, 0.2) is 0 Å². The first-order chi connectivity index (χ1) is 13.1. The lowest BCUT2D eigenvalue weighted by Gasteiger charge is -2.16. The van der Waals surface area contributed by atoms with Crippen molar-refractivity contribution in [3.63, 3.8) is 0 Å². The topological polar surface area (TPSA) is 43.4 Å². The SMILES string of the molecule is COCc1cnc2c(CCl)cc(Br)cc2c1NCc1ccc(OC)c(Cl)c1. The smallest absolute Gasteiger partial charge is 0.137 e. The quantitative estimate of drug-likeness (QED) is 0.421. The molecule has 0 fully saturated rings. The first-order valence-corrected chi connectivity index (χ1v) is 9.99. The van der Waals surface area contributed by atoms with Crippen LogP contribution in [0.15, 0.2) is 41.0 Å². The number of halogens is 3. The largest absolute Gasteiger partial charge is 0.495 e. The lowest BCUT2D eigenvalue weighted by Crippen LogP contribution is -2.06. The zero-order valence-electron chi connectivity index (χ0n) is 15.0. The van der Waals surface area contributed by atoms with Crippen LogP contribution in [-0.2, 0) is 23.8 Å². The summed E-state index contributed by atoms with van der Waals surface area (Å²) in [4.78, 5) is 4.60. The summed E-state index contributed by atoms with van der Waals surface area (Å²) >= 11 is 15.9. The summed E-state index contributed by atoms with van der Waals surface area (Å²) in [6.45, 7) is 1.06. The van der Waals surface area contributed by atoms with Crippen LogP contribution in [0.3, 0.4) is 0 Å². The number of nitrogens with zero attached hydrogens (tertiary/aromatic N) is 1. The van der Waals surface area contributed by atoms with Gasteiger partial charge in [0.05, 0.1) is 29.9 Å². The van der Waals surface area contributed by atoms with Crippen molar-refractivity contribution < 1.29 is 9.47 Å². The predicted octanol–water partition coefficient (Wildman–Crippen LogP) is 6.16. The summed E-state index contributed by atoms with van der Waals surface area (Å²) in [5.74, 6) is 1.05. The van der Waals surface area contributed by atoms with Gasteiger partial charge in [-0.25, -0.2) is 0 Å². The molecular formula is C20H19BrCl2N2O2. The summed E-state index contributed by atoms with van der Waals surface area (Å²) in [6, 6.07) is 9.78. The number of hydrogen-bond donors (Lipinski definition) is 1. The van der Waals surface area contributed by atoms with Crippen LogP contribution < -0.4 is 10.1 Å². The molecule has 0 aliphatic carbocycles. The monoisotopic (exact) mass is 468 g/mol. The maximum atomic E-state index is 6.24. The van der Waals surface area contributed by atoms with Crippen LogP contribution in [0, 0.1) is 0 Å². The van der Waals surface area contributed by atoms with Crippen molar-refractivity contribution in [3.05, 3.63) is 62.7 Å². The third-order valence-corrected chi connectivity index (χ3v) is 5.26. The van der Waals surface area contributed by atoms with Gasteiger partial charge in [0.1, 0.15) is 5.75 Å². The molecule has 0 spiro atoms. The molecule has 0 saturated heterocycles. The molecule has 1 heterocycles. The Morgan fingerprint density at radius 2 is 1.96 bits per heavy atom. The van der Waals surface area contributed by atoms with Crippen molar-refractivity contribution in [3.8, 4) is 5.75 Å². The number of hydrogen-bond acceptors (Lipinski definition) is 4. The highest BCUT2D eigenvalue weighted by Crippen LogP contribution is 2.33. The van der Waals surface area contributed by atoms with Crippen LogP contribution >= 0.6 is 39.1 Å². The van der Waals surface area contributed by atoms with E-state index in [2.05, 4.69) is 26.2 Å². The van der Waals surface area contributed by atoms with Crippen molar-refractivity contribution in [2.75, 3.05) is 19.5 Å². The van der Waals surface area contributed by atoms with E-state index in [9.17, 15) is 0 Å². The number of rotatable bonds is 7. The Bertz CT molecular complexity index is 966. The number of aromatic nitrogens is 1. The Kier molecular flexibility index (Phi) is 6.82. The van der Waals surface area contributed by atoms with E-state index in [4.69, 9.17) is 32.7 Å². The van der Waals surface area contributed by atoms with E-state index < -0.39 is 0 Å². The van der Waals surface area contributed by atoms with Gasteiger partial charge in [0, 0.05) is 41.2 Å². The molecule has 0 aliphatic rings. The minimum absolute atomic E-state index is 0.389. The van der Waals surface area contributed by atoms with Crippen molar-refractivity contribution in [2.45, 2.75) is 19.0 Å². The van der Waals surface area contributed by atoms with E-state index in [-0.39, 0.29) is 0 Å². The van der Waals surface area contributed by atoms with E-state index >= 15 is 0 Å². The lowest BCUT2D eigenvalue weighted by atomic mass is 10.1. The number of ether oxygens (including phenoxy) is 2. The molecule has 0 bridgehead atoms. The van der Waals surface area contributed by atoms with Crippen LogP contribution in [-0.4, -0.2) is 19.2 Å². The first-order valence-electron chi connectivity index (χ1n) is 8.28. The molecule has 0 amide bonds. The second kappa shape index (κ2) is 9.11. The molecule has 1 aromatic heterocycles. The van der Waals surface area contributed by atoms with Gasteiger partial charge in [0.25, 0.3) is 0 Å². The number of nitrogens with one attached hydrogen (secondary N) is 1. The standard InChI is InChI=1S/C20H19BrCl2N2O2/c1-26-11-14-10-25-19-13(8-22)6-15(21)7-16(19)20(14)24-9-12-3-4-18(27-2)17(23)5-12/h3-7,10H,8-9,11H2,1-2H3,(H,24,25). The molecule has 0 saturated carbocycles. The summed E-state index contributed by atoms with van der Waals surface area (Å²) in [5, 5.41) is 5.10. The normalized spacial score (nSPS) is 11.0. The summed E-state index contributed by atoms with van der Waals surface area (Å²) in [5.41, 5.74) is 4.84. The Balaban J connectivity index is 2.01. The Morgan fingerprint density at radius 3 is 2.63 bits per heavy atom. The average molecular weight is 470 g/mol. The molecule has 0 radical (unpaired) electrons. The van der Waals surface area contributed by atoms with Gasteiger partial charge in [-0.3, -0.25) is 4.98 Å². The molecular weight excluding hydrogens is 451 g/mol. The minimum Gasteiger partial charge on any atom is -0.495 e. The van der Waals surface area contributed by atoms with Gasteiger partial charge < -0.3 is 14.8 Å². The fourth-order valence-electron chi connectivity index (χ4n) is 2.96. The van der Waals surface area contributed by atoms with Gasteiger partial charge >= 0.3 is 0 Å². The third-order valence-electron chi connectivity index (χ3n) is 4.22. The number of anilines is 1. The maximum absolute atomic E-state index is 6.24. The van der Waals surface area contributed by atoms with E-state index in [0.717, 1.165) is 37.8 Å². The van der Waals surface area contributed by atoms with Gasteiger partial charge in [-0.1, -0.05) is 33.6 Å². The fourth-order valence-corrected chi connectivity index (χ4v) is 3.95. The Hall–Kier alpha value is -1.53. The lowest BCUT2D eigenvalue weighted by molar-refractivity contribution is 0.185. The second-order valence-corrected chi connectivity index (χ2v) is 7.60. The van der Waals surface area contributed by atoms with Crippen molar-refractivity contribution >= 4 is 55.7 Å². The highest BCUT2D eigenvalue weighted by Gasteiger charge is 2.13. The molecule has 3 aromatic rings. The van der Waals surface area contributed by atoms with Crippen molar-refractivity contribution in [1.29, 1.82) is 0 Å². The number of pyridine rings is 1. The van der Waals surface area contributed by atoms with Crippen LogP contribution in [0.25, 0.3) is 10.9 Å². The van der Waals surface area contributed by atoms with Gasteiger partial charge in [-0.05, 0) is 35.4 Å². The molecule has 27 heavy (non-hydrogen) atoms. The molecule has 0 aliphatic heterocycles. The third kappa shape index (κ3) is 4.49. The van der Waals surface area contributed by atoms with Crippen LogP contribution in [0.2, 0.25) is 5.02 Å². The Labute approximate surface area is 176 Å². The van der Waals surface area contributed by atoms with Crippen LogP contribution in [0.4, 0.5) is 5.69 Å². The van der Waals surface area contributed by atoms with Crippen molar-refractivity contribution in [2.24, 2.45) is 0 Å². The number of alkyl halides is 1. The van der Waals surface area contributed by atoms with Crippen LogP contribution in [0.1, 0.15) is 16.7 Å². The molecule has 142 valence electrons. The van der Waals surface area contributed by atoms with Crippen molar-refractivity contribution in [1.82, 2.24) is 4.98 Å². The summed E-state index contributed by atoms with van der Waals surface area (Å²) < 4.78 is 11.5. The molecule has 4 nitrogen and oxygen atoms in total. The zero-order chi connectivity index (χ0) is 19.4. The van der Waals surface area contributed by atoms with E-state index in [0.29, 0.717) is 29.8 Å². The van der Waals surface area contributed by atoms with Gasteiger partial charge in [0.2, 0.25) is 0 Å². The molecule has 3 rings (SSSR count). The van der Waals surface area contributed by atoms with E-state index in [1.807, 2.05) is 36.5 Å². The number of methoxy groups -OCH3 is 2. The Morgan fingerprint density at radius 1 is 1.15 bits per heavy atom. The minimum atomic E-state index is 0.389. The summed E-state index contributed by atoms with van der Waals surface area (Å²) in [6.07, 6.45) is 1.83. The maximum Gasteiger partial charge on any atom is 0.137 e. The molecule has 2 aromatic carbocycles. The first kappa shape index (κ1) is 20.2. The zero-order valence-corrected chi connectivity index (χ0v) is 18.1. The molecule has 1 N–H and O–H groups in total. The number of fused-ring (bicyclic) bond motifs is 1. The summed E-state index contributed by atoms with van der Waals surface area (Å²) in [7, 11) is 3.27. The van der Waals surface area contributed by atoms with E-state index in [1.165, 1.54) is 0 Å². The molecule has 0 atom stereocenters. The van der Waals surface area contributed by atoms with Gasteiger partial charge in [-0.15, -0.1) is 11.6 Å². The van der Waals surface area contributed by atoms with E-state index in [1.54, 1.807) is 14.2 Å².